The molecule has 3 unspecified atom stereocenters. The maximum atomic E-state index is 11.6. The third-order valence-corrected chi connectivity index (χ3v) is 4.60. The molecule has 1 aromatic rings. The van der Waals surface area contributed by atoms with E-state index in [0.29, 0.717) is 12.8 Å². The van der Waals surface area contributed by atoms with Crippen LogP contribution in [0, 0.1) is 0 Å². The number of aromatic nitrogens is 2. The van der Waals surface area contributed by atoms with Crippen LogP contribution in [0.2, 0.25) is 0 Å². The maximum Gasteiger partial charge on any atom is 0.330 e. The van der Waals surface area contributed by atoms with Crippen LogP contribution in [0.1, 0.15) is 19.1 Å². The molecule has 1 aliphatic heterocycles. The number of aromatic amines is 1. The van der Waals surface area contributed by atoms with Gasteiger partial charge >= 0.3 is 12.4 Å². The van der Waals surface area contributed by atoms with Crippen LogP contribution in [0.4, 0.5) is 0 Å². The monoisotopic (exact) mass is 353 g/mol. The molecule has 22 heavy (non-hydrogen) atoms. The lowest BCUT2D eigenvalue weighted by Crippen LogP contribution is -2.31. The fourth-order valence-electron chi connectivity index (χ4n) is 1.90. The number of H-pyrrole nitrogens is 1. The van der Waals surface area contributed by atoms with E-state index in [4.69, 9.17) is 21.1 Å². The Morgan fingerprint density at radius 1 is 1.55 bits per heavy atom. The van der Waals surface area contributed by atoms with Crippen molar-refractivity contribution in [3.05, 3.63) is 33.1 Å². The molecule has 0 radical (unpaired) electrons. The number of nitrogens with one attached hydrogen (secondary N) is 1. The first-order valence-corrected chi connectivity index (χ1v) is 9.08. The minimum Gasteiger partial charge on any atom is -0.352 e. The number of ether oxygens (including phenoxy) is 1. The average molecular weight is 353 g/mol. The molecule has 3 atom stereocenters. The van der Waals surface area contributed by atoms with Gasteiger partial charge in [0.15, 0.2) is 0 Å². The van der Waals surface area contributed by atoms with Crippen LogP contribution >= 0.6 is 6.72 Å². The zero-order valence-corrected chi connectivity index (χ0v) is 14.0. The zero-order valence-electron chi connectivity index (χ0n) is 12.3. The van der Waals surface area contributed by atoms with Gasteiger partial charge in [-0.25, -0.2) is 4.79 Å². The number of hydrogen-bond acceptors (Lipinski definition) is 7. The van der Waals surface area contributed by atoms with Crippen LogP contribution in [-0.4, -0.2) is 41.3 Å². The molecular weight excluding hydrogens is 333 g/mol. The molecular formula is C11H20N3O6PS. The Labute approximate surface area is 132 Å². The number of rotatable bonds is 5. The van der Waals surface area contributed by atoms with E-state index in [2.05, 4.69) is 15.2 Å². The summed E-state index contributed by atoms with van der Waals surface area (Å²) in [5, 5.41) is 0. The Kier molecular flexibility index (Phi) is 7.57. The fraction of sp³-hybridized carbons (Fsp3) is 0.636. The molecule has 4 N–H and O–H groups in total. The molecule has 0 aliphatic carbocycles. The van der Waals surface area contributed by atoms with Crippen LogP contribution in [0.15, 0.2) is 21.9 Å². The number of nitrogens with zero attached hydrogens (tertiary/aromatic N) is 1. The largest absolute Gasteiger partial charge is 0.352 e. The topological polar surface area (TPSA) is 129 Å². The predicted molar refractivity (Wildman–Crippen MR) is 84.0 cm³/mol. The zero-order chi connectivity index (χ0) is 16.8. The van der Waals surface area contributed by atoms with Gasteiger partial charge in [-0.15, -0.1) is 0 Å². The van der Waals surface area contributed by atoms with Crippen LogP contribution in [-0.2, 0) is 25.6 Å². The Morgan fingerprint density at radius 3 is 2.82 bits per heavy atom. The molecule has 0 saturated carbocycles. The lowest BCUT2D eigenvalue weighted by Gasteiger charge is -2.18. The van der Waals surface area contributed by atoms with Crippen molar-refractivity contribution in [1.29, 1.82) is 0 Å². The SMILES string of the molecule is CN.COP(O)(=S)OCC1CCC(n2ccc(=O)[nH]c2=O)O1. The molecule has 126 valence electrons. The van der Waals surface area contributed by atoms with Gasteiger partial charge in [-0.3, -0.25) is 14.3 Å². The summed E-state index contributed by atoms with van der Waals surface area (Å²) in [6.45, 7) is -3.10. The van der Waals surface area contributed by atoms with E-state index in [0.717, 1.165) is 0 Å². The van der Waals surface area contributed by atoms with Crippen LogP contribution in [0.3, 0.4) is 0 Å². The first-order chi connectivity index (χ1) is 10.4. The van der Waals surface area contributed by atoms with Gasteiger partial charge in [0.25, 0.3) is 5.56 Å². The summed E-state index contributed by atoms with van der Waals surface area (Å²) in [5.74, 6) is 0. The van der Waals surface area contributed by atoms with Gasteiger partial charge < -0.3 is 24.4 Å². The summed E-state index contributed by atoms with van der Waals surface area (Å²) in [6, 6.07) is 1.26. The Bertz CT molecular complexity index is 633. The Balaban J connectivity index is 0.00000116. The standard InChI is InChI=1S/C10H15N2O6PS.CH5N/c1-16-19(15,20)17-6-7-2-3-9(18-7)12-5-4-8(13)11-10(12)14;1-2/h4-5,7,9H,2-3,6H2,1H3,(H,15,20)(H,11,13,14);2H2,1H3. The number of nitrogens with two attached hydrogens (primary N) is 1. The molecule has 1 aliphatic rings. The third kappa shape index (κ3) is 5.40. The van der Waals surface area contributed by atoms with E-state index in [1.807, 2.05) is 0 Å². The minimum atomic E-state index is -3.20. The van der Waals surface area contributed by atoms with Gasteiger partial charge in [0.2, 0.25) is 0 Å². The summed E-state index contributed by atoms with van der Waals surface area (Å²) < 4.78 is 16.7. The van der Waals surface area contributed by atoms with Gasteiger partial charge in [-0.2, -0.15) is 0 Å². The first-order valence-electron chi connectivity index (χ1n) is 6.49. The Morgan fingerprint density at radius 2 is 2.23 bits per heavy atom. The summed E-state index contributed by atoms with van der Waals surface area (Å²) >= 11 is 4.71. The first kappa shape index (κ1) is 19.2. The molecule has 1 aromatic heterocycles. The summed E-state index contributed by atoms with van der Waals surface area (Å²) in [5.41, 5.74) is 3.53. The normalized spacial score (nSPS) is 23.5. The van der Waals surface area contributed by atoms with Crippen molar-refractivity contribution in [2.45, 2.75) is 25.2 Å². The van der Waals surface area contributed by atoms with Gasteiger partial charge in [0, 0.05) is 19.4 Å². The average Bonchev–Trinajstić information content (AvgIpc) is 2.96. The van der Waals surface area contributed by atoms with E-state index in [9.17, 15) is 14.5 Å². The molecule has 2 rings (SSSR count). The van der Waals surface area contributed by atoms with E-state index >= 15 is 0 Å². The van der Waals surface area contributed by atoms with Crippen molar-refractivity contribution in [1.82, 2.24) is 9.55 Å². The maximum absolute atomic E-state index is 11.6. The van der Waals surface area contributed by atoms with E-state index in [1.54, 1.807) is 0 Å². The second-order valence-electron chi connectivity index (χ2n) is 4.25. The lowest BCUT2D eigenvalue weighted by molar-refractivity contribution is -0.0223. The van der Waals surface area contributed by atoms with Crippen molar-refractivity contribution in [2.24, 2.45) is 5.73 Å². The van der Waals surface area contributed by atoms with Gasteiger partial charge in [-0.1, -0.05) is 0 Å². The van der Waals surface area contributed by atoms with Crippen molar-refractivity contribution in [3.63, 3.8) is 0 Å². The third-order valence-electron chi connectivity index (χ3n) is 2.90. The van der Waals surface area contributed by atoms with Crippen molar-refractivity contribution in [3.8, 4) is 0 Å². The summed E-state index contributed by atoms with van der Waals surface area (Å²) in [4.78, 5) is 34.2. The van der Waals surface area contributed by atoms with Crippen LogP contribution in [0.25, 0.3) is 0 Å². The molecule has 1 saturated heterocycles. The molecule has 2 heterocycles. The molecule has 0 amide bonds. The van der Waals surface area contributed by atoms with E-state index < -0.39 is 24.2 Å². The van der Waals surface area contributed by atoms with Crippen molar-refractivity contribution >= 4 is 18.5 Å². The molecule has 0 aromatic carbocycles. The van der Waals surface area contributed by atoms with Gasteiger partial charge in [0.05, 0.1) is 12.7 Å². The smallest absolute Gasteiger partial charge is 0.330 e. The quantitative estimate of drug-likeness (QED) is 0.614. The Hall–Kier alpha value is -0.870. The van der Waals surface area contributed by atoms with Crippen molar-refractivity contribution < 1.29 is 18.7 Å². The minimum absolute atomic E-state index is 0.0935. The van der Waals surface area contributed by atoms with Crippen LogP contribution in [0.5, 0.6) is 0 Å². The van der Waals surface area contributed by atoms with Gasteiger partial charge in [0.1, 0.15) is 6.23 Å². The second kappa shape index (κ2) is 8.68. The van der Waals surface area contributed by atoms with Gasteiger partial charge in [-0.05, 0) is 31.7 Å². The fourth-order valence-corrected chi connectivity index (χ4v) is 2.54. The van der Waals surface area contributed by atoms with E-state index in [-0.39, 0.29) is 12.7 Å². The van der Waals surface area contributed by atoms with E-state index in [1.165, 1.54) is 31.0 Å². The predicted octanol–water partition coefficient (Wildman–Crippen LogP) is -0.331. The summed E-state index contributed by atoms with van der Waals surface area (Å²) in [6.07, 6.45) is 1.88. The highest BCUT2D eigenvalue weighted by Crippen LogP contribution is 2.43. The van der Waals surface area contributed by atoms with Crippen molar-refractivity contribution in [2.75, 3.05) is 20.8 Å². The molecule has 1 fully saturated rings. The lowest BCUT2D eigenvalue weighted by atomic mass is 10.2. The second-order valence-corrected chi connectivity index (χ2v) is 7.20. The molecule has 0 bridgehead atoms. The number of hydrogen-bond donors (Lipinski definition) is 3. The molecule has 0 spiro atoms. The highest BCUT2D eigenvalue weighted by Gasteiger charge is 2.29. The summed E-state index contributed by atoms with van der Waals surface area (Å²) in [7, 11) is 2.78. The highest BCUT2D eigenvalue weighted by molar-refractivity contribution is 8.07. The molecule has 9 nitrogen and oxygen atoms in total. The van der Waals surface area contributed by atoms with Crippen LogP contribution < -0.4 is 17.0 Å². The molecule has 11 heteroatoms. The highest BCUT2D eigenvalue weighted by atomic mass is 32.5.